The van der Waals surface area contributed by atoms with Crippen LogP contribution >= 0.6 is 0 Å². The van der Waals surface area contributed by atoms with Crippen molar-refractivity contribution in [2.24, 2.45) is 5.92 Å². The van der Waals surface area contributed by atoms with E-state index in [0.29, 0.717) is 17.3 Å². The number of carbonyl (C=O) groups excluding carboxylic acids is 1. The van der Waals surface area contributed by atoms with Crippen LogP contribution in [0.3, 0.4) is 0 Å². The van der Waals surface area contributed by atoms with E-state index >= 15 is 0 Å². The molecule has 2 heterocycles. The molecule has 5 nitrogen and oxygen atoms in total. The molecule has 2 aromatic rings. The third-order valence-electron chi connectivity index (χ3n) is 4.09. The second-order valence-electron chi connectivity index (χ2n) is 5.71. The first kappa shape index (κ1) is 13.0. The quantitative estimate of drug-likeness (QED) is 0.783. The fourth-order valence-electron chi connectivity index (χ4n) is 2.81. The van der Waals surface area contributed by atoms with Gasteiger partial charge in [0.05, 0.1) is 5.52 Å². The number of aromatic amines is 1. The first-order valence-corrected chi connectivity index (χ1v) is 7.18. The molecule has 20 heavy (non-hydrogen) atoms. The van der Waals surface area contributed by atoms with Gasteiger partial charge in [0.25, 0.3) is 5.91 Å². The maximum atomic E-state index is 12.6. The molecule has 106 valence electrons. The number of nitrogens with two attached hydrogens (primary N) is 1. The second kappa shape index (κ2) is 5.15. The average molecular weight is 272 g/mol. The van der Waals surface area contributed by atoms with Crippen molar-refractivity contribution in [1.29, 1.82) is 0 Å². The van der Waals surface area contributed by atoms with E-state index in [1.807, 2.05) is 23.1 Å². The van der Waals surface area contributed by atoms with Crippen molar-refractivity contribution in [2.75, 3.05) is 18.8 Å². The van der Waals surface area contributed by atoms with Crippen molar-refractivity contribution in [3.05, 3.63) is 23.9 Å². The number of anilines is 1. The van der Waals surface area contributed by atoms with Crippen LogP contribution in [0.2, 0.25) is 0 Å². The number of rotatable bonds is 1. The van der Waals surface area contributed by atoms with Crippen LogP contribution < -0.4 is 5.73 Å². The second-order valence-corrected chi connectivity index (χ2v) is 5.71. The standard InChI is InChI=1S/C15H20N4O/c1-10-3-2-7-19(8-6-10)15(20)14-12-9-11(16)4-5-13(12)17-18-14/h4-5,9-10H,2-3,6-8,16H2,1H3,(H,17,18). The summed E-state index contributed by atoms with van der Waals surface area (Å²) in [5.41, 5.74) is 7.80. The monoisotopic (exact) mass is 272 g/mol. The molecule has 0 bridgehead atoms. The lowest BCUT2D eigenvalue weighted by molar-refractivity contribution is 0.0756. The highest BCUT2D eigenvalue weighted by atomic mass is 16.2. The van der Waals surface area contributed by atoms with Gasteiger partial charge in [-0.2, -0.15) is 5.10 Å². The van der Waals surface area contributed by atoms with Crippen molar-refractivity contribution in [3.63, 3.8) is 0 Å². The molecule has 0 saturated carbocycles. The van der Waals surface area contributed by atoms with Gasteiger partial charge in [0.1, 0.15) is 0 Å². The maximum Gasteiger partial charge on any atom is 0.274 e. The molecular formula is C15H20N4O. The summed E-state index contributed by atoms with van der Waals surface area (Å²) in [5, 5.41) is 7.91. The van der Waals surface area contributed by atoms with Crippen LogP contribution in [0.25, 0.3) is 10.9 Å². The highest BCUT2D eigenvalue weighted by Crippen LogP contribution is 2.22. The fraction of sp³-hybridized carbons (Fsp3) is 0.467. The summed E-state index contributed by atoms with van der Waals surface area (Å²) < 4.78 is 0. The molecule has 3 rings (SSSR count). The molecule has 5 heteroatoms. The van der Waals surface area contributed by atoms with E-state index in [4.69, 9.17) is 5.73 Å². The van der Waals surface area contributed by atoms with Gasteiger partial charge < -0.3 is 10.6 Å². The molecule has 1 atom stereocenters. The summed E-state index contributed by atoms with van der Waals surface area (Å²) in [4.78, 5) is 14.6. The van der Waals surface area contributed by atoms with E-state index in [-0.39, 0.29) is 5.91 Å². The van der Waals surface area contributed by atoms with Gasteiger partial charge in [0.15, 0.2) is 5.69 Å². The molecule has 1 aromatic carbocycles. The molecule has 3 N–H and O–H groups in total. The Morgan fingerprint density at radius 3 is 3.10 bits per heavy atom. The van der Waals surface area contributed by atoms with Crippen LogP contribution in [0.5, 0.6) is 0 Å². The van der Waals surface area contributed by atoms with Gasteiger partial charge in [-0.05, 0) is 43.4 Å². The third kappa shape index (κ3) is 2.35. The number of amides is 1. The molecule has 1 amide bonds. The first-order chi connectivity index (χ1) is 9.65. The lowest BCUT2D eigenvalue weighted by atomic mass is 10.0. The molecule has 1 fully saturated rings. The number of nitrogens with one attached hydrogen (secondary N) is 1. The van der Waals surface area contributed by atoms with E-state index in [1.54, 1.807) is 0 Å². The Balaban J connectivity index is 1.90. The fourth-order valence-corrected chi connectivity index (χ4v) is 2.81. The zero-order valence-electron chi connectivity index (χ0n) is 11.7. The highest BCUT2D eigenvalue weighted by molar-refractivity contribution is 6.05. The number of benzene rings is 1. The summed E-state index contributed by atoms with van der Waals surface area (Å²) >= 11 is 0. The Morgan fingerprint density at radius 2 is 2.25 bits per heavy atom. The van der Waals surface area contributed by atoms with Gasteiger partial charge in [-0.25, -0.2) is 0 Å². The maximum absolute atomic E-state index is 12.6. The largest absolute Gasteiger partial charge is 0.399 e. The van der Waals surface area contributed by atoms with Crippen LogP contribution in [0.15, 0.2) is 18.2 Å². The molecule has 0 radical (unpaired) electrons. The van der Waals surface area contributed by atoms with Crippen molar-refractivity contribution in [2.45, 2.75) is 26.2 Å². The van der Waals surface area contributed by atoms with E-state index in [2.05, 4.69) is 17.1 Å². The van der Waals surface area contributed by atoms with Crippen molar-refractivity contribution in [1.82, 2.24) is 15.1 Å². The minimum atomic E-state index is 0.0101. The molecular weight excluding hydrogens is 252 g/mol. The van der Waals surface area contributed by atoms with Gasteiger partial charge in [-0.3, -0.25) is 9.89 Å². The zero-order chi connectivity index (χ0) is 14.1. The number of nitrogen functional groups attached to an aromatic ring is 1. The topological polar surface area (TPSA) is 75.0 Å². The summed E-state index contributed by atoms with van der Waals surface area (Å²) in [7, 11) is 0. The normalized spacial score (nSPS) is 20.1. The minimum Gasteiger partial charge on any atom is -0.399 e. The van der Waals surface area contributed by atoms with E-state index in [9.17, 15) is 4.79 Å². The summed E-state index contributed by atoms with van der Waals surface area (Å²) in [6, 6.07) is 5.48. The van der Waals surface area contributed by atoms with E-state index in [1.165, 1.54) is 6.42 Å². The predicted octanol–water partition coefficient (Wildman–Crippen LogP) is 2.41. The van der Waals surface area contributed by atoms with E-state index < -0.39 is 0 Å². The Hall–Kier alpha value is -2.04. The smallest absolute Gasteiger partial charge is 0.274 e. The summed E-state index contributed by atoms with van der Waals surface area (Å²) in [6.45, 7) is 3.88. The molecule has 1 unspecified atom stereocenters. The van der Waals surface area contributed by atoms with Gasteiger partial charge >= 0.3 is 0 Å². The summed E-state index contributed by atoms with van der Waals surface area (Å²) in [6.07, 6.45) is 3.33. The number of carbonyl (C=O) groups is 1. The van der Waals surface area contributed by atoms with Crippen LogP contribution in [0.1, 0.15) is 36.7 Å². The number of nitrogens with zero attached hydrogens (tertiary/aromatic N) is 2. The highest BCUT2D eigenvalue weighted by Gasteiger charge is 2.23. The molecule has 0 spiro atoms. The molecule has 1 saturated heterocycles. The molecule has 0 aliphatic carbocycles. The molecule has 1 aliphatic heterocycles. The predicted molar refractivity (Wildman–Crippen MR) is 79.4 cm³/mol. The number of hydrogen-bond donors (Lipinski definition) is 2. The van der Waals surface area contributed by atoms with Crippen LogP contribution in [0, 0.1) is 5.92 Å². The number of H-pyrrole nitrogens is 1. The Kier molecular flexibility index (Phi) is 3.34. The lowest BCUT2D eigenvalue weighted by Gasteiger charge is -2.19. The lowest BCUT2D eigenvalue weighted by Crippen LogP contribution is -2.32. The minimum absolute atomic E-state index is 0.0101. The third-order valence-corrected chi connectivity index (χ3v) is 4.09. The SMILES string of the molecule is CC1CCCN(C(=O)c2n[nH]c3ccc(N)cc23)CC1. The van der Waals surface area contributed by atoms with Crippen molar-refractivity contribution in [3.8, 4) is 0 Å². The summed E-state index contributed by atoms with van der Waals surface area (Å²) in [5.74, 6) is 0.704. The van der Waals surface area contributed by atoms with Crippen LogP contribution in [0.4, 0.5) is 5.69 Å². The zero-order valence-corrected chi connectivity index (χ0v) is 11.7. The Bertz CT molecular complexity index is 634. The first-order valence-electron chi connectivity index (χ1n) is 7.18. The van der Waals surface area contributed by atoms with Crippen LogP contribution in [-0.2, 0) is 0 Å². The number of fused-ring (bicyclic) bond motifs is 1. The number of aromatic nitrogens is 2. The van der Waals surface area contributed by atoms with Gasteiger partial charge in [-0.15, -0.1) is 0 Å². The Labute approximate surface area is 118 Å². The average Bonchev–Trinajstić information content (AvgIpc) is 2.72. The van der Waals surface area contributed by atoms with E-state index in [0.717, 1.165) is 36.8 Å². The van der Waals surface area contributed by atoms with Crippen molar-refractivity contribution >= 4 is 22.5 Å². The number of hydrogen-bond acceptors (Lipinski definition) is 3. The molecule has 1 aromatic heterocycles. The molecule has 1 aliphatic rings. The van der Waals surface area contributed by atoms with Gasteiger partial charge in [-0.1, -0.05) is 6.92 Å². The van der Waals surface area contributed by atoms with Crippen LogP contribution in [-0.4, -0.2) is 34.1 Å². The van der Waals surface area contributed by atoms with Crippen molar-refractivity contribution < 1.29 is 4.79 Å². The number of likely N-dealkylation sites (tertiary alicyclic amines) is 1. The Morgan fingerprint density at radius 1 is 1.40 bits per heavy atom. The van der Waals surface area contributed by atoms with Gasteiger partial charge in [0.2, 0.25) is 0 Å². The van der Waals surface area contributed by atoms with Gasteiger partial charge in [0, 0.05) is 24.2 Å².